The van der Waals surface area contributed by atoms with Crippen molar-refractivity contribution >= 4 is 39.2 Å². The van der Waals surface area contributed by atoms with Crippen LogP contribution in [0.3, 0.4) is 0 Å². The van der Waals surface area contributed by atoms with Crippen LogP contribution in [0.1, 0.15) is 13.3 Å². The second kappa shape index (κ2) is 6.56. The van der Waals surface area contributed by atoms with Crippen molar-refractivity contribution < 1.29 is 18.3 Å². The Morgan fingerprint density at radius 1 is 1.32 bits per heavy atom. The van der Waals surface area contributed by atoms with E-state index >= 15 is 0 Å². The molecule has 1 aromatic rings. The molecule has 8 heteroatoms. The number of nitrogens with one attached hydrogen (secondary N) is 1. The fourth-order valence-electron chi connectivity index (χ4n) is 1.38. The van der Waals surface area contributed by atoms with E-state index in [1.807, 2.05) is 0 Å². The van der Waals surface area contributed by atoms with Gasteiger partial charge >= 0.3 is 5.97 Å². The molecule has 1 aromatic carbocycles. The van der Waals surface area contributed by atoms with E-state index in [0.717, 1.165) is 0 Å². The molecule has 0 aliphatic carbocycles. The number of hydrogen-bond donors (Lipinski definition) is 2. The number of rotatable bonds is 6. The van der Waals surface area contributed by atoms with Crippen molar-refractivity contribution in [1.29, 1.82) is 0 Å². The molecule has 1 atom stereocenters. The molecule has 0 amide bonds. The van der Waals surface area contributed by atoms with E-state index < -0.39 is 21.9 Å². The van der Waals surface area contributed by atoms with E-state index in [2.05, 4.69) is 4.72 Å². The molecule has 2 N–H and O–H groups in total. The second-order valence-corrected chi connectivity index (χ2v) is 6.54. The summed E-state index contributed by atoms with van der Waals surface area (Å²) in [4.78, 5) is 10.7. The van der Waals surface area contributed by atoms with E-state index in [4.69, 9.17) is 28.3 Å². The van der Waals surface area contributed by atoms with Crippen LogP contribution in [0.4, 0.5) is 0 Å². The Kier molecular flexibility index (Phi) is 5.61. The van der Waals surface area contributed by atoms with Gasteiger partial charge in [-0.1, -0.05) is 30.1 Å². The molecular formula is C11H13Cl2NO4S. The first-order valence-corrected chi connectivity index (χ1v) is 7.68. The lowest BCUT2D eigenvalue weighted by Gasteiger charge is -2.12. The molecule has 0 bridgehead atoms. The molecule has 0 radical (unpaired) electrons. The van der Waals surface area contributed by atoms with Crippen LogP contribution in [-0.4, -0.2) is 26.0 Å². The number of carboxylic acid groups (broad SMARTS) is 1. The highest BCUT2D eigenvalue weighted by molar-refractivity contribution is 7.89. The van der Waals surface area contributed by atoms with Crippen LogP contribution in [0.2, 0.25) is 10.0 Å². The van der Waals surface area contributed by atoms with Crippen molar-refractivity contribution in [3.63, 3.8) is 0 Å². The third kappa shape index (κ3) is 4.65. The van der Waals surface area contributed by atoms with Crippen molar-refractivity contribution in [3.8, 4) is 0 Å². The van der Waals surface area contributed by atoms with Gasteiger partial charge in [-0.15, -0.1) is 0 Å². The van der Waals surface area contributed by atoms with Crippen LogP contribution in [0.25, 0.3) is 0 Å². The fourth-order valence-corrected chi connectivity index (χ4v) is 3.19. The first kappa shape index (κ1) is 16.2. The van der Waals surface area contributed by atoms with Crippen LogP contribution >= 0.6 is 23.2 Å². The van der Waals surface area contributed by atoms with E-state index in [-0.39, 0.29) is 21.5 Å². The van der Waals surface area contributed by atoms with Crippen LogP contribution in [0, 0.1) is 5.92 Å². The lowest BCUT2D eigenvalue weighted by Crippen LogP contribution is -2.32. The summed E-state index contributed by atoms with van der Waals surface area (Å²) in [6.07, 6.45) is 0.328. The molecular weight excluding hydrogens is 313 g/mol. The Bertz CT molecular complexity index is 554. The van der Waals surface area contributed by atoms with Gasteiger partial charge in [-0.2, -0.15) is 0 Å². The zero-order chi connectivity index (χ0) is 14.6. The molecule has 0 spiro atoms. The molecule has 0 aromatic heterocycles. The highest BCUT2D eigenvalue weighted by atomic mass is 35.5. The molecule has 19 heavy (non-hydrogen) atoms. The third-order valence-electron chi connectivity index (χ3n) is 2.51. The SMILES string of the molecule is CCC(CNS(=O)(=O)c1cc(Cl)cc(Cl)c1)C(=O)O. The summed E-state index contributed by atoms with van der Waals surface area (Å²) >= 11 is 11.5. The minimum atomic E-state index is -3.83. The average Bonchev–Trinajstić information content (AvgIpc) is 2.27. The maximum Gasteiger partial charge on any atom is 0.307 e. The molecule has 0 fully saturated rings. The summed E-state index contributed by atoms with van der Waals surface area (Å²) in [7, 11) is -3.83. The van der Waals surface area contributed by atoms with E-state index in [1.165, 1.54) is 18.2 Å². The van der Waals surface area contributed by atoms with Gasteiger partial charge in [0.2, 0.25) is 10.0 Å². The fraction of sp³-hybridized carbons (Fsp3) is 0.364. The van der Waals surface area contributed by atoms with Crippen molar-refractivity contribution in [2.75, 3.05) is 6.54 Å². The van der Waals surface area contributed by atoms with Crippen molar-refractivity contribution in [2.45, 2.75) is 18.2 Å². The topological polar surface area (TPSA) is 83.5 Å². The summed E-state index contributed by atoms with van der Waals surface area (Å²) in [6, 6.07) is 3.91. The van der Waals surface area contributed by atoms with Crippen LogP contribution < -0.4 is 4.72 Å². The normalized spacial score (nSPS) is 13.2. The Morgan fingerprint density at radius 2 is 1.84 bits per heavy atom. The van der Waals surface area contributed by atoms with Gasteiger partial charge < -0.3 is 5.11 Å². The summed E-state index contributed by atoms with van der Waals surface area (Å²) in [5, 5.41) is 9.24. The molecule has 0 heterocycles. The number of sulfonamides is 1. The average molecular weight is 326 g/mol. The van der Waals surface area contributed by atoms with E-state index in [9.17, 15) is 13.2 Å². The summed E-state index contributed by atoms with van der Waals surface area (Å²) in [5.74, 6) is -1.82. The number of carbonyl (C=O) groups is 1. The van der Waals surface area contributed by atoms with Crippen LogP contribution in [-0.2, 0) is 14.8 Å². The standard InChI is InChI=1S/C11H13Cl2NO4S/c1-2-7(11(15)16)6-14-19(17,18)10-4-8(12)3-9(13)5-10/h3-5,7,14H,2,6H2,1H3,(H,15,16). The van der Waals surface area contributed by atoms with Gasteiger partial charge in [0.25, 0.3) is 0 Å². The third-order valence-corrected chi connectivity index (χ3v) is 4.35. The van der Waals surface area contributed by atoms with Crippen LogP contribution in [0.5, 0.6) is 0 Å². The van der Waals surface area contributed by atoms with Crippen molar-refractivity contribution in [1.82, 2.24) is 4.72 Å². The lowest BCUT2D eigenvalue weighted by molar-refractivity contribution is -0.141. The van der Waals surface area contributed by atoms with Gasteiger partial charge in [0.05, 0.1) is 10.8 Å². The van der Waals surface area contributed by atoms with Gasteiger partial charge in [0.15, 0.2) is 0 Å². The number of halogens is 2. The summed E-state index contributed by atoms with van der Waals surface area (Å²) in [5.41, 5.74) is 0. The molecule has 1 rings (SSSR count). The molecule has 0 saturated carbocycles. The monoisotopic (exact) mass is 325 g/mol. The Morgan fingerprint density at radius 3 is 2.26 bits per heavy atom. The Labute approximate surface area is 121 Å². The van der Waals surface area contributed by atoms with Crippen LogP contribution in [0.15, 0.2) is 23.1 Å². The quantitative estimate of drug-likeness (QED) is 0.841. The van der Waals surface area contributed by atoms with Gasteiger partial charge in [0.1, 0.15) is 0 Å². The second-order valence-electron chi connectivity index (χ2n) is 3.90. The highest BCUT2D eigenvalue weighted by Gasteiger charge is 2.20. The number of hydrogen-bond acceptors (Lipinski definition) is 3. The molecule has 106 valence electrons. The first-order chi connectivity index (χ1) is 8.76. The number of carboxylic acids is 1. The smallest absolute Gasteiger partial charge is 0.307 e. The molecule has 0 aliphatic heterocycles. The largest absolute Gasteiger partial charge is 0.481 e. The van der Waals surface area contributed by atoms with E-state index in [0.29, 0.717) is 6.42 Å². The first-order valence-electron chi connectivity index (χ1n) is 5.45. The number of aliphatic carboxylic acids is 1. The van der Waals surface area contributed by atoms with Gasteiger partial charge in [-0.05, 0) is 24.6 Å². The summed E-state index contributed by atoms with van der Waals surface area (Å²) < 4.78 is 26.2. The lowest BCUT2D eigenvalue weighted by atomic mass is 10.1. The zero-order valence-electron chi connectivity index (χ0n) is 10.1. The zero-order valence-corrected chi connectivity index (χ0v) is 12.4. The highest BCUT2D eigenvalue weighted by Crippen LogP contribution is 2.22. The van der Waals surface area contributed by atoms with Crippen molar-refractivity contribution in [3.05, 3.63) is 28.2 Å². The Hall–Kier alpha value is -0.820. The van der Waals surface area contributed by atoms with E-state index in [1.54, 1.807) is 6.92 Å². The van der Waals surface area contributed by atoms with Gasteiger partial charge in [-0.3, -0.25) is 4.79 Å². The molecule has 0 aliphatic rings. The van der Waals surface area contributed by atoms with Crippen molar-refractivity contribution in [2.24, 2.45) is 5.92 Å². The number of benzene rings is 1. The maximum absolute atomic E-state index is 12.0. The molecule has 0 saturated heterocycles. The predicted molar refractivity (Wildman–Crippen MR) is 73.1 cm³/mol. The molecule has 1 unspecified atom stereocenters. The molecule has 5 nitrogen and oxygen atoms in total. The van der Waals surface area contributed by atoms with Gasteiger partial charge in [0, 0.05) is 16.6 Å². The maximum atomic E-state index is 12.0. The minimum Gasteiger partial charge on any atom is -0.481 e. The summed E-state index contributed by atoms with van der Waals surface area (Å²) in [6.45, 7) is 1.49. The predicted octanol–water partition coefficient (Wildman–Crippen LogP) is 2.38. The minimum absolute atomic E-state index is 0.0924. The Balaban J connectivity index is 2.89. The van der Waals surface area contributed by atoms with Gasteiger partial charge in [-0.25, -0.2) is 13.1 Å².